The third-order valence-corrected chi connectivity index (χ3v) is 2.76. The van der Waals surface area contributed by atoms with E-state index in [-0.39, 0.29) is 0 Å². The maximum absolute atomic E-state index is 9.04. The minimum Gasteiger partial charge on any atom is -0.384 e. The lowest BCUT2D eigenvalue weighted by Crippen LogP contribution is -2.05. The summed E-state index contributed by atoms with van der Waals surface area (Å²) in [6.07, 6.45) is 5.48. The van der Waals surface area contributed by atoms with Crippen LogP contribution >= 0.6 is 0 Å². The molecule has 18 heavy (non-hydrogen) atoms. The topological polar surface area (TPSA) is 64.5 Å². The summed E-state index contributed by atoms with van der Waals surface area (Å²) in [6.45, 7) is 2.82. The molecule has 2 aromatic rings. The SMILES string of the molecule is Cc1ccc(NCCCc2ncc[nH]2)c(C#N)c1. The van der Waals surface area contributed by atoms with Gasteiger partial charge in [-0.2, -0.15) is 5.26 Å². The van der Waals surface area contributed by atoms with E-state index >= 15 is 0 Å². The number of anilines is 1. The van der Waals surface area contributed by atoms with Crippen LogP contribution in [-0.2, 0) is 6.42 Å². The van der Waals surface area contributed by atoms with E-state index in [4.69, 9.17) is 5.26 Å². The van der Waals surface area contributed by atoms with Crippen LogP contribution in [-0.4, -0.2) is 16.5 Å². The zero-order valence-electron chi connectivity index (χ0n) is 10.4. The number of hydrogen-bond donors (Lipinski definition) is 2. The molecule has 0 spiro atoms. The van der Waals surface area contributed by atoms with Crippen molar-refractivity contribution < 1.29 is 0 Å². The first kappa shape index (κ1) is 12.2. The van der Waals surface area contributed by atoms with Crippen LogP contribution in [0.3, 0.4) is 0 Å². The maximum atomic E-state index is 9.04. The van der Waals surface area contributed by atoms with Gasteiger partial charge in [0.05, 0.1) is 11.3 Å². The van der Waals surface area contributed by atoms with Crippen molar-refractivity contribution in [3.8, 4) is 6.07 Å². The third kappa shape index (κ3) is 3.11. The van der Waals surface area contributed by atoms with Crippen LogP contribution in [0.5, 0.6) is 0 Å². The van der Waals surface area contributed by atoms with Crippen molar-refractivity contribution >= 4 is 5.69 Å². The van der Waals surface area contributed by atoms with E-state index in [1.54, 1.807) is 6.20 Å². The van der Waals surface area contributed by atoms with E-state index in [0.717, 1.165) is 36.5 Å². The van der Waals surface area contributed by atoms with Gasteiger partial charge in [0, 0.05) is 25.4 Å². The van der Waals surface area contributed by atoms with Crippen molar-refractivity contribution in [3.63, 3.8) is 0 Å². The molecule has 1 heterocycles. The quantitative estimate of drug-likeness (QED) is 0.790. The molecule has 2 rings (SSSR count). The number of nitrogens with zero attached hydrogens (tertiary/aromatic N) is 2. The molecular formula is C14H16N4. The minimum atomic E-state index is 0.702. The van der Waals surface area contributed by atoms with Gasteiger partial charge in [-0.1, -0.05) is 6.07 Å². The Balaban J connectivity index is 1.85. The predicted molar refractivity (Wildman–Crippen MR) is 71.3 cm³/mol. The number of aromatic nitrogens is 2. The lowest BCUT2D eigenvalue weighted by molar-refractivity contribution is 0.816. The van der Waals surface area contributed by atoms with Crippen molar-refractivity contribution in [2.45, 2.75) is 19.8 Å². The van der Waals surface area contributed by atoms with Crippen molar-refractivity contribution in [2.75, 3.05) is 11.9 Å². The molecule has 0 atom stereocenters. The van der Waals surface area contributed by atoms with Crippen LogP contribution in [0.1, 0.15) is 23.4 Å². The second-order valence-electron chi connectivity index (χ2n) is 4.23. The van der Waals surface area contributed by atoms with Gasteiger partial charge < -0.3 is 10.3 Å². The molecule has 0 saturated heterocycles. The van der Waals surface area contributed by atoms with Gasteiger partial charge >= 0.3 is 0 Å². The number of aryl methyl sites for hydroxylation is 2. The van der Waals surface area contributed by atoms with Gasteiger partial charge in [0.25, 0.3) is 0 Å². The van der Waals surface area contributed by atoms with Crippen LogP contribution in [0.15, 0.2) is 30.6 Å². The molecule has 2 N–H and O–H groups in total. The monoisotopic (exact) mass is 240 g/mol. The first-order valence-corrected chi connectivity index (χ1v) is 6.02. The minimum absolute atomic E-state index is 0.702. The van der Waals surface area contributed by atoms with Gasteiger partial charge in [0.2, 0.25) is 0 Å². The Morgan fingerprint density at radius 3 is 3.06 bits per heavy atom. The van der Waals surface area contributed by atoms with Crippen molar-refractivity contribution in [1.82, 2.24) is 9.97 Å². The smallest absolute Gasteiger partial charge is 0.106 e. The Labute approximate surface area is 107 Å². The molecular weight excluding hydrogens is 224 g/mol. The largest absolute Gasteiger partial charge is 0.384 e. The first-order chi connectivity index (χ1) is 8.79. The summed E-state index contributed by atoms with van der Waals surface area (Å²) in [6, 6.07) is 8.08. The number of hydrogen-bond acceptors (Lipinski definition) is 3. The fraction of sp³-hybridized carbons (Fsp3) is 0.286. The van der Waals surface area contributed by atoms with Crippen molar-refractivity contribution in [3.05, 3.63) is 47.5 Å². The lowest BCUT2D eigenvalue weighted by atomic mass is 10.1. The summed E-state index contributed by atoms with van der Waals surface area (Å²) in [7, 11) is 0. The van der Waals surface area contributed by atoms with E-state index < -0.39 is 0 Å². The van der Waals surface area contributed by atoms with Gasteiger partial charge in [-0.05, 0) is 31.0 Å². The Bertz CT molecular complexity index is 537. The molecule has 0 saturated carbocycles. The van der Waals surface area contributed by atoms with Crippen LogP contribution in [0.2, 0.25) is 0 Å². The summed E-state index contributed by atoms with van der Waals surface area (Å²) in [5.41, 5.74) is 2.71. The summed E-state index contributed by atoms with van der Waals surface area (Å²) in [4.78, 5) is 7.25. The van der Waals surface area contributed by atoms with Gasteiger partial charge in [0.15, 0.2) is 0 Å². The second kappa shape index (κ2) is 5.87. The molecule has 1 aromatic heterocycles. The molecule has 0 aliphatic rings. The van der Waals surface area contributed by atoms with Crippen LogP contribution in [0.25, 0.3) is 0 Å². The van der Waals surface area contributed by atoms with E-state index in [1.165, 1.54) is 0 Å². The average molecular weight is 240 g/mol. The molecule has 0 aliphatic heterocycles. The van der Waals surface area contributed by atoms with Gasteiger partial charge in [0.1, 0.15) is 11.9 Å². The predicted octanol–water partition coefficient (Wildman–Crippen LogP) is 2.63. The number of rotatable bonds is 5. The van der Waals surface area contributed by atoms with Crippen molar-refractivity contribution in [1.29, 1.82) is 5.26 Å². The molecule has 1 aromatic carbocycles. The van der Waals surface area contributed by atoms with E-state index in [0.29, 0.717) is 5.56 Å². The van der Waals surface area contributed by atoms with Crippen molar-refractivity contribution in [2.24, 2.45) is 0 Å². The van der Waals surface area contributed by atoms with E-state index in [2.05, 4.69) is 21.4 Å². The highest BCUT2D eigenvalue weighted by Gasteiger charge is 2.01. The molecule has 0 unspecified atom stereocenters. The van der Waals surface area contributed by atoms with Gasteiger partial charge in [-0.15, -0.1) is 0 Å². The van der Waals surface area contributed by atoms with E-state index in [9.17, 15) is 0 Å². The maximum Gasteiger partial charge on any atom is 0.106 e. The zero-order valence-corrected chi connectivity index (χ0v) is 10.4. The number of imidazole rings is 1. The number of benzene rings is 1. The highest BCUT2D eigenvalue weighted by molar-refractivity contribution is 5.58. The standard InChI is InChI=1S/C14H16N4/c1-11-4-5-13(12(9-11)10-15)16-6-2-3-14-17-7-8-18-14/h4-5,7-9,16H,2-3,6H2,1H3,(H,17,18). The number of nitriles is 1. The number of nitrogens with one attached hydrogen (secondary N) is 2. The first-order valence-electron chi connectivity index (χ1n) is 6.02. The van der Waals surface area contributed by atoms with Crippen LogP contribution < -0.4 is 5.32 Å². The Morgan fingerprint density at radius 2 is 2.33 bits per heavy atom. The molecule has 0 fully saturated rings. The Hall–Kier alpha value is -2.28. The molecule has 0 aliphatic carbocycles. The van der Waals surface area contributed by atoms with Crippen LogP contribution in [0, 0.1) is 18.3 Å². The summed E-state index contributed by atoms with van der Waals surface area (Å²) in [5.74, 6) is 1.00. The Kier molecular flexibility index (Phi) is 3.98. The normalized spacial score (nSPS) is 10.0. The van der Waals surface area contributed by atoms with Gasteiger partial charge in [-0.3, -0.25) is 0 Å². The fourth-order valence-corrected chi connectivity index (χ4v) is 1.82. The summed E-state index contributed by atoms with van der Waals surface area (Å²) < 4.78 is 0. The molecule has 4 nitrogen and oxygen atoms in total. The molecule has 4 heteroatoms. The summed E-state index contributed by atoms with van der Waals surface area (Å²) in [5, 5.41) is 12.3. The second-order valence-corrected chi connectivity index (χ2v) is 4.23. The average Bonchev–Trinajstić information content (AvgIpc) is 2.89. The summed E-state index contributed by atoms with van der Waals surface area (Å²) >= 11 is 0. The number of aromatic amines is 1. The molecule has 0 radical (unpaired) electrons. The lowest BCUT2D eigenvalue weighted by Gasteiger charge is -2.08. The van der Waals surface area contributed by atoms with Crippen LogP contribution in [0.4, 0.5) is 5.69 Å². The van der Waals surface area contributed by atoms with Gasteiger partial charge in [-0.25, -0.2) is 4.98 Å². The van der Waals surface area contributed by atoms with E-state index in [1.807, 2.05) is 31.3 Å². The third-order valence-electron chi connectivity index (χ3n) is 2.76. The number of H-pyrrole nitrogens is 1. The highest BCUT2D eigenvalue weighted by Crippen LogP contribution is 2.16. The fourth-order valence-electron chi connectivity index (χ4n) is 1.82. The molecule has 0 amide bonds. The molecule has 92 valence electrons. The Morgan fingerprint density at radius 1 is 1.44 bits per heavy atom. The molecule has 0 bridgehead atoms. The zero-order chi connectivity index (χ0) is 12.8. The highest BCUT2D eigenvalue weighted by atomic mass is 14.9.